The quantitative estimate of drug-likeness (QED) is 0.660. The van der Waals surface area contributed by atoms with Gasteiger partial charge in [0.05, 0.1) is 0 Å². The van der Waals surface area contributed by atoms with Gasteiger partial charge in [-0.1, -0.05) is 63.5 Å². The van der Waals surface area contributed by atoms with Crippen LogP contribution in [0.3, 0.4) is 0 Å². The van der Waals surface area contributed by atoms with Crippen LogP contribution in [0.5, 0.6) is 0 Å². The van der Waals surface area contributed by atoms with Crippen LogP contribution >= 0.6 is 0 Å². The first-order valence-corrected chi connectivity index (χ1v) is 6.45. The van der Waals surface area contributed by atoms with Crippen molar-refractivity contribution in [2.24, 2.45) is 0 Å². The lowest BCUT2D eigenvalue weighted by Gasteiger charge is -2.10. The van der Waals surface area contributed by atoms with Gasteiger partial charge in [-0.25, -0.2) is 0 Å². The van der Waals surface area contributed by atoms with E-state index in [2.05, 4.69) is 45.0 Å². The zero-order valence-corrected chi connectivity index (χ0v) is 10.6. The van der Waals surface area contributed by atoms with Gasteiger partial charge in [-0.2, -0.15) is 0 Å². The summed E-state index contributed by atoms with van der Waals surface area (Å²) in [4.78, 5) is 0. The SMILES string of the molecule is CCCC1=C(CCC)c2ccccc2[C]1C. The molecule has 0 bridgehead atoms. The minimum atomic E-state index is 1.23. The Morgan fingerprint density at radius 2 is 1.38 bits per heavy atom. The summed E-state index contributed by atoms with van der Waals surface area (Å²) in [7, 11) is 0. The Bertz CT molecular complexity index is 398. The minimum absolute atomic E-state index is 1.23. The molecule has 1 aromatic carbocycles. The van der Waals surface area contributed by atoms with Crippen molar-refractivity contribution in [2.75, 3.05) is 0 Å². The molecule has 16 heavy (non-hydrogen) atoms. The molecule has 0 aromatic heterocycles. The Morgan fingerprint density at radius 3 is 2.00 bits per heavy atom. The average Bonchev–Trinajstić information content (AvgIpc) is 2.57. The van der Waals surface area contributed by atoms with Gasteiger partial charge in [0.2, 0.25) is 0 Å². The maximum Gasteiger partial charge on any atom is 0.0277 e. The van der Waals surface area contributed by atoms with Gasteiger partial charge < -0.3 is 0 Å². The summed E-state index contributed by atoms with van der Waals surface area (Å²) in [5.41, 5.74) is 6.18. The smallest absolute Gasteiger partial charge is 0.0277 e. The molecule has 0 saturated heterocycles. The fourth-order valence-electron chi connectivity index (χ4n) is 2.75. The topological polar surface area (TPSA) is 0 Å². The Balaban J connectivity index is 2.44. The standard InChI is InChI=1S/C16H21/c1-4-8-13-12(3)14-10-6-7-11-16(14)15(13)9-5-2/h6-7,10-11H,4-5,8-9H2,1-3H3. The monoisotopic (exact) mass is 213 g/mol. The number of rotatable bonds is 4. The van der Waals surface area contributed by atoms with Gasteiger partial charge in [0.1, 0.15) is 0 Å². The molecular formula is C16H21. The first-order chi connectivity index (χ1) is 7.79. The third kappa shape index (κ3) is 1.81. The fraction of sp³-hybridized carbons (Fsp3) is 0.438. The lowest BCUT2D eigenvalue weighted by atomic mass is 9.94. The number of allylic oxidation sites excluding steroid dienone is 2. The molecule has 0 amide bonds. The van der Waals surface area contributed by atoms with Crippen LogP contribution in [0.2, 0.25) is 0 Å². The maximum absolute atomic E-state index is 2.28. The summed E-state index contributed by atoms with van der Waals surface area (Å²) in [5, 5.41) is 0. The summed E-state index contributed by atoms with van der Waals surface area (Å²) in [6, 6.07) is 8.87. The molecule has 1 aliphatic carbocycles. The van der Waals surface area contributed by atoms with Crippen molar-refractivity contribution in [3.63, 3.8) is 0 Å². The van der Waals surface area contributed by atoms with Crippen molar-refractivity contribution in [3.05, 3.63) is 46.9 Å². The highest BCUT2D eigenvalue weighted by Gasteiger charge is 2.26. The molecule has 0 nitrogen and oxygen atoms in total. The number of benzene rings is 1. The highest BCUT2D eigenvalue weighted by atomic mass is 14.3. The van der Waals surface area contributed by atoms with Crippen LogP contribution in [0.4, 0.5) is 0 Å². The molecule has 0 atom stereocenters. The summed E-state index contributed by atoms with van der Waals surface area (Å²) in [6.45, 7) is 6.83. The zero-order valence-electron chi connectivity index (χ0n) is 10.6. The summed E-state index contributed by atoms with van der Waals surface area (Å²) in [6.07, 6.45) is 4.94. The molecule has 0 heteroatoms. The molecule has 0 spiro atoms. The normalized spacial score (nSPS) is 15.7. The van der Waals surface area contributed by atoms with Crippen molar-refractivity contribution in [1.82, 2.24) is 0 Å². The van der Waals surface area contributed by atoms with Gasteiger partial charge in [-0.15, -0.1) is 0 Å². The van der Waals surface area contributed by atoms with Gasteiger partial charge in [0.15, 0.2) is 0 Å². The van der Waals surface area contributed by atoms with Gasteiger partial charge in [-0.05, 0) is 29.5 Å². The zero-order chi connectivity index (χ0) is 11.5. The Kier molecular flexibility index (Phi) is 3.48. The molecule has 0 fully saturated rings. The second-order valence-electron chi connectivity index (χ2n) is 4.63. The van der Waals surface area contributed by atoms with E-state index in [-0.39, 0.29) is 0 Å². The molecule has 1 radical (unpaired) electrons. The second kappa shape index (κ2) is 4.86. The van der Waals surface area contributed by atoms with Crippen LogP contribution in [-0.2, 0) is 0 Å². The van der Waals surface area contributed by atoms with E-state index in [1.165, 1.54) is 42.7 Å². The molecular weight excluding hydrogens is 192 g/mol. The predicted octanol–water partition coefficient (Wildman–Crippen LogP) is 5.00. The first-order valence-electron chi connectivity index (χ1n) is 6.45. The van der Waals surface area contributed by atoms with Crippen molar-refractivity contribution in [1.29, 1.82) is 0 Å². The van der Waals surface area contributed by atoms with E-state index in [1.54, 1.807) is 11.1 Å². The van der Waals surface area contributed by atoms with E-state index in [4.69, 9.17) is 0 Å². The van der Waals surface area contributed by atoms with Crippen molar-refractivity contribution in [3.8, 4) is 0 Å². The molecule has 0 N–H and O–H groups in total. The van der Waals surface area contributed by atoms with Gasteiger partial charge in [-0.3, -0.25) is 0 Å². The van der Waals surface area contributed by atoms with Gasteiger partial charge >= 0.3 is 0 Å². The largest absolute Gasteiger partial charge is 0.0651 e. The Hall–Kier alpha value is -1.04. The first kappa shape index (κ1) is 11.4. The molecule has 1 aromatic rings. The maximum atomic E-state index is 2.28. The summed E-state index contributed by atoms with van der Waals surface area (Å²) in [5.74, 6) is 1.51. The molecule has 2 rings (SSSR count). The summed E-state index contributed by atoms with van der Waals surface area (Å²) >= 11 is 0. The van der Waals surface area contributed by atoms with Crippen molar-refractivity contribution in [2.45, 2.75) is 46.5 Å². The average molecular weight is 213 g/mol. The third-order valence-corrected chi connectivity index (χ3v) is 3.47. The Labute approximate surface area is 99.4 Å². The third-order valence-electron chi connectivity index (χ3n) is 3.47. The van der Waals surface area contributed by atoms with Crippen LogP contribution in [0, 0.1) is 5.92 Å². The summed E-state index contributed by atoms with van der Waals surface area (Å²) < 4.78 is 0. The van der Waals surface area contributed by atoms with E-state index in [0.717, 1.165) is 0 Å². The van der Waals surface area contributed by atoms with E-state index in [0.29, 0.717) is 0 Å². The van der Waals surface area contributed by atoms with Crippen molar-refractivity contribution >= 4 is 5.57 Å². The minimum Gasteiger partial charge on any atom is -0.0651 e. The van der Waals surface area contributed by atoms with Crippen LogP contribution in [0.25, 0.3) is 5.57 Å². The molecule has 0 aliphatic heterocycles. The van der Waals surface area contributed by atoms with Gasteiger partial charge in [0.25, 0.3) is 0 Å². The highest BCUT2D eigenvalue weighted by molar-refractivity contribution is 5.82. The van der Waals surface area contributed by atoms with E-state index >= 15 is 0 Å². The predicted molar refractivity (Wildman–Crippen MR) is 71.2 cm³/mol. The van der Waals surface area contributed by atoms with Crippen LogP contribution in [-0.4, -0.2) is 0 Å². The van der Waals surface area contributed by atoms with Gasteiger partial charge in [0, 0.05) is 5.92 Å². The second-order valence-corrected chi connectivity index (χ2v) is 4.63. The molecule has 0 heterocycles. The number of hydrogen-bond acceptors (Lipinski definition) is 0. The van der Waals surface area contributed by atoms with Crippen LogP contribution in [0.15, 0.2) is 29.8 Å². The molecule has 1 aliphatic rings. The van der Waals surface area contributed by atoms with E-state index in [9.17, 15) is 0 Å². The molecule has 85 valence electrons. The molecule has 0 unspecified atom stereocenters. The fourth-order valence-corrected chi connectivity index (χ4v) is 2.75. The number of hydrogen-bond donors (Lipinski definition) is 0. The lowest BCUT2D eigenvalue weighted by molar-refractivity contribution is 0.881. The lowest BCUT2D eigenvalue weighted by Crippen LogP contribution is -1.94. The molecule has 0 saturated carbocycles. The number of fused-ring (bicyclic) bond motifs is 1. The van der Waals surface area contributed by atoms with Crippen LogP contribution < -0.4 is 0 Å². The highest BCUT2D eigenvalue weighted by Crippen LogP contribution is 2.44. The Morgan fingerprint density at radius 1 is 0.812 bits per heavy atom. The van der Waals surface area contributed by atoms with Crippen molar-refractivity contribution < 1.29 is 0 Å². The van der Waals surface area contributed by atoms with E-state index < -0.39 is 0 Å². The van der Waals surface area contributed by atoms with E-state index in [1.807, 2.05) is 0 Å². The van der Waals surface area contributed by atoms with Crippen LogP contribution in [0.1, 0.15) is 57.6 Å².